The van der Waals surface area contributed by atoms with Gasteiger partial charge in [0, 0.05) is 12.6 Å². The first-order valence-electron chi connectivity index (χ1n) is 15.2. The van der Waals surface area contributed by atoms with Crippen molar-refractivity contribution in [1.29, 1.82) is 0 Å². The van der Waals surface area contributed by atoms with Gasteiger partial charge in [-0.1, -0.05) is 79.9 Å². The van der Waals surface area contributed by atoms with E-state index in [1.54, 1.807) is 53.4 Å². The van der Waals surface area contributed by atoms with Crippen LogP contribution in [0.1, 0.15) is 57.1 Å². The molecule has 0 heterocycles. The van der Waals surface area contributed by atoms with Gasteiger partial charge in [0.1, 0.15) is 18.3 Å². The first-order chi connectivity index (χ1) is 20.7. The molecule has 0 saturated heterocycles. The minimum atomic E-state index is -4.17. The molecule has 3 aromatic carbocycles. The van der Waals surface area contributed by atoms with E-state index in [1.165, 1.54) is 0 Å². The van der Waals surface area contributed by atoms with Crippen LogP contribution < -0.4 is 14.4 Å². The molecule has 4 rings (SSSR count). The van der Waals surface area contributed by atoms with Crippen LogP contribution in [0, 0.1) is 6.92 Å². The highest BCUT2D eigenvalue weighted by Gasteiger charge is 2.35. The predicted molar refractivity (Wildman–Crippen MR) is 170 cm³/mol. The number of hydrogen-bond acceptors (Lipinski definition) is 5. The van der Waals surface area contributed by atoms with Crippen LogP contribution in [0.15, 0.2) is 83.8 Å². The lowest BCUT2D eigenvalue weighted by Crippen LogP contribution is -2.54. The van der Waals surface area contributed by atoms with E-state index >= 15 is 0 Å². The second-order valence-corrected chi connectivity index (χ2v) is 12.8. The molecule has 43 heavy (non-hydrogen) atoms. The van der Waals surface area contributed by atoms with Crippen LogP contribution in [0.4, 0.5) is 5.69 Å². The predicted octanol–water partition coefficient (Wildman–Crippen LogP) is 5.50. The normalized spacial score (nSPS) is 14.2. The third-order valence-electron chi connectivity index (χ3n) is 7.89. The number of anilines is 1. The Morgan fingerprint density at radius 1 is 0.930 bits per heavy atom. The molecule has 1 aliphatic carbocycles. The number of carbonyl (C=O) groups excluding carboxylic acids is 2. The minimum Gasteiger partial charge on any atom is -0.492 e. The molecule has 1 fully saturated rings. The van der Waals surface area contributed by atoms with Gasteiger partial charge in [0.2, 0.25) is 11.8 Å². The van der Waals surface area contributed by atoms with Crippen molar-refractivity contribution in [2.45, 2.75) is 76.3 Å². The summed E-state index contributed by atoms with van der Waals surface area (Å²) in [7, 11) is -4.17. The molecular formula is C34H43N3O5S. The third kappa shape index (κ3) is 8.16. The number of nitrogens with one attached hydrogen (secondary N) is 1. The summed E-state index contributed by atoms with van der Waals surface area (Å²) < 4.78 is 35.2. The summed E-state index contributed by atoms with van der Waals surface area (Å²) in [5, 5.41) is 3.15. The SMILES string of the molecule is CCOc1ccccc1N(CC(=O)N(CCc1ccccc1)C(CC)C(=O)NC1CCCC1)S(=O)(=O)c1ccc(C)cc1. The second-order valence-electron chi connectivity index (χ2n) is 11.0. The molecule has 3 aromatic rings. The summed E-state index contributed by atoms with van der Waals surface area (Å²) >= 11 is 0. The molecule has 8 nitrogen and oxygen atoms in total. The van der Waals surface area contributed by atoms with Crippen LogP contribution in [0.25, 0.3) is 0 Å². The van der Waals surface area contributed by atoms with Crippen molar-refractivity contribution >= 4 is 27.5 Å². The molecule has 0 bridgehead atoms. The molecule has 2 amide bonds. The zero-order valence-electron chi connectivity index (χ0n) is 25.4. The van der Waals surface area contributed by atoms with E-state index in [0.29, 0.717) is 25.2 Å². The number of benzene rings is 3. The highest BCUT2D eigenvalue weighted by molar-refractivity contribution is 7.92. The smallest absolute Gasteiger partial charge is 0.264 e. The van der Waals surface area contributed by atoms with E-state index in [9.17, 15) is 18.0 Å². The van der Waals surface area contributed by atoms with Crippen molar-refractivity contribution in [3.63, 3.8) is 0 Å². The van der Waals surface area contributed by atoms with Crippen molar-refractivity contribution in [3.8, 4) is 5.75 Å². The van der Waals surface area contributed by atoms with Gasteiger partial charge in [-0.15, -0.1) is 0 Å². The lowest BCUT2D eigenvalue weighted by Gasteiger charge is -2.34. The second kappa shape index (κ2) is 15.0. The number of sulfonamides is 1. The summed E-state index contributed by atoms with van der Waals surface area (Å²) in [4.78, 5) is 29.5. The third-order valence-corrected chi connectivity index (χ3v) is 9.67. The van der Waals surface area contributed by atoms with Crippen molar-refractivity contribution in [1.82, 2.24) is 10.2 Å². The fraction of sp³-hybridized carbons (Fsp3) is 0.412. The van der Waals surface area contributed by atoms with Crippen LogP contribution >= 0.6 is 0 Å². The molecule has 0 aliphatic heterocycles. The average molecular weight is 606 g/mol. The van der Waals surface area contributed by atoms with Gasteiger partial charge in [0.05, 0.1) is 17.2 Å². The summed E-state index contributed by atoms with van der Waals surface area (Å²) in [5.41, 5.74) is 2.21. The van der Waals surface area contributed by atoms with Crippen molar-refractivity contribution < 1.29 is 22.7 Å². The molecule has 1 aliphatic rings. The van der Waals surface area contributed by atoms with Crippen LogP contribution in [0.3, 0.4) is 0 Å². The minimum absolute atomic E-state index is 0.0686. The molecule has 9 heteroatoms. The number of carbonyl (C=O) groups is 2. The Balaban J connectivity index is 1.71. The van der Waals surface area contributed by atoms with E-state index in [4.69, 9.17) is 4.74 Å². The Kier molecular flexibility index (Phi) is 11.2. The number of nitrogens with zero attached hydrogens (tertiary/aromatic N) is 2. The number of ether oxygens (including phenoxy) is 1. The van der Waals surface area contributed by atoms with Crippen LogP contribution in [0.5, 0.6) is 5.75 Å². The van der Waals surface area contributed by atoms with E-state index in [-0.39, 0.29) is 29.1 Å². The lowest BCUT2D eigenvalue weighted by atomic mass is 10.1. The Bertz CT molecular complexity index is 1450. The molecule has 1 unspecified atom stereocenters. The Morgan fingerprint density at radius 2 is 1.58 bits per heavy atom. The maximum absolute atomic E-state index is 14.3. The fourth-order valence-corrected chi connectivity index (χ4v) is 6.98. The van der Waals surface area contributed by atoms with E-state index < -0.39 is 28.5 Å². The van der Waals surface area contributed by atoms with Gasteiger partial charge in [-0.2, -0.15) is 0 Å². The highest BCUT2D eigenvalue weighted by atomic mass is 32.2. The van der Waals surface area contributed by atoms with Crippen molar-refractivity contribution in [2.75, 3.05) is 24.0 Å². The summed E-state index contributed by atoms with van der Waals surface area (Å²) in [6.45, 7) is 5.70. The summed E-state index contributed by atoms with van der Waals surface area (Å²) in [5.74, 6) is -0.292. The largest absolute Gasteiger partial charge is 0.492 e. The quantitative estimate of drug-likeness (QED) is 0.262. The van der Waals surface area contributed by atoms with Gasteiger partial charge in [-0.3, -0.25) is 13.9 Å². The van der Waals surface area contributed by atoms with Crippen LogP contribution in [-0.2, 0) is 26.0 Å². The van der Waals surface area contributed by atoms with Gasteiger partial charge >= 0.3 is 0 Å². The monoisotopic (exact) mass is 605 g/mol. The van der Waals surface area contributed by atoms with Gasteiger partial charge in [0.15, 0.2) is 0 Å². The maximum atomic E-state index is 14.3. The first-order valence-corrected chi connectivity index (χ1v) is 16.6. The van der Waals surface area contributed by atoms with Crippen LogP contribution in [-0.4, -0.2) is 56.9 Å². The van der Waals surface area contributed by atoms with Gasteiger partial charge in [0.25, 0.3) is 10.0 Å². The zero-order chi connectivity index (χ0) is 30.8. The molecule has 1 saturated carbocycles. The molecule has 0 aromatic heterocycles. The van der Waals surface area contributed by atoms with Crippen LogP contribution in [0.2, 0.25) is 0 Å². The molecule has 1 atom stereocenters. The topological polar surface area (TPSA) is 96.0 Å². The van der Waals surface area contributed by atoms with Gasteiger partial charge in [-0.05, 0) is 69.4 Å². The standard InChI is InChI=1S/C34H43N3O5S/c1-4-30(34(39)35-28-15-9-10-16-28)36(24-23-27-13-7-6-8-14-27)33(38)25-37(31-17-11-12-18-32(31)42-5-2)43(40,41)29-21-19-26(3)20-22-29/h6-8,11-14,17-22,28,30H,4-5,9-10,15-16,23-25H2,1-3H3,(H,35,39). The zero-order valence-corrected chi connectivity index (χ0v) is 26.2. The summed E-state index contributed by atoms with van der Waals surface area (Å²) in [6.07, 6.45) is 4.93. The van der Waals surface area contributed by atoms with Gasteiger partial charge in [-0.25, -0.2) is 8.42 Å². The summed E-state index contributed by atoms with van der Waals surface area (Å²) in [6, 6.07) is 22.5. The Labute approximate surface area is 256 Å². The Hall–Kier alpha value is -3.85. The van der Waals surface area contributed by atoms with Crippen molar-refractivity contribution in [3.05, 3.63) is 90.0 Å². The number of para-hydroxylation sites is 2. The number of aryl methyl sites for hydroxylation is 1. The van der Waals surface area contributed by atoms with E-state index in [1.807, 2.05) is 51.1 Å². The van der Waals surface area contributed by atoms with E-state index in [2.05, 4.69) is 5.32 Å². The number of amides is 2. The number of hydrogen-bond donors (Lipinski definition) is 1. The number of rotatable bonds is 14. The molecule has 0 radical (unpaired) electrons. The van der Waals surface area contributed by atoms with Crippen molar-refractivity contribution in [2.24, 2.45) is 0 Å². The molecule has 1 N–H and O–H groups in total. The average Bonchev–Trinajstić information content (AvgIpc) is 3.52. The molecular weight excluding hydrogens is 562 g/mol. The van der Waals surface area contributed by atoms with E-state index in [0.717, 1.165) is 41.1 Å². The Morgan fingerprint density at radius 3 is 2.23 bits per heavy atom. The molecule has 0 spiro atoms. The first kappa shape index (κ1) is 32.1. The highest BCUT2D eigenvalue weighted by Crippen LogP contribution is 2.33. The van der Waals surface area contributed by atoms with Gasteiger partial charge < -0.3 is 15.0 Å². The molecule has 230 valence electrons. The maximum Gasteiger partial charge on any atom is 0.264 e. The lowest BCUT2D eigenvalue weighted by molar-refractivity contribution is -0.139. The fourth-order valence-electron chi connectivity index (χ4n) is 5.55.